The third-order valence-electron chi connectivity index (χ3n) is 3.98. The van der Waals surface area contributed by atoms with Crippen molar-refractivity contribution < 1.29 is 13.2 Å². The highest BCUT2D eigenvalue weighted by atomic mass is 32.2. The van der Waals surface area contributed by atoms with Crippen LogP contribution in [0.25, 0.3) is 0 Å². The Morgan fingerprint density at radius 1 is 1.59 bits per heavy atom. The molecule has 1 aromatic rings. The lowest BCUT2D eigenvalue weighted by atomic mass is 9.95. The summed E-state index contributed by atoms with van der Waals surface area (Å²) in [5.74, 6) is 0.336. The zero-order chi connectivity index (χ0) is 16.2. The molecule has 1 fully saturated rings. The number of hydrogen-bond acceptors (Lipinski definition) is 4. The van der Waals surface area contributed by atoms with Gasteiger partial charge in [0.15, 0.2) is 9.84 Å². The van der Waals surface area contributed by atoms with Crippen molar-refractivity contribution in [2.45, 2.75) is 38.6 Å². The molecule has 7 nitrogen and oxygen atoms in total. The molecule has 8 heteroatoms. The number of piperidine rings is 1. The molecule has 2 rings (SSSR count). The Morgan fingerprint density at radius 2 is 2.36 bits per heavy atom. The maximum atomic E-state index is 12.3. The van der Waals surface area contributed by atoms with Gasteiger partial charge in [-0.05, 0) is 25.8 Å². The van der Waals surface area contributed by atoms with Crippen LogP contribution in [-0.4, -0.2) is 60.2 Å². The van der Waals surface area contributed by atoms with Crippen molar-refractivity contribution in [3.63, 3.8) is 0 Å². The maximum absolute atomic E-state index is 12.3. The fraction of sp³-hybridized carbons (Fsp3) is 0.714. The van der Waals surface area contributed by atoms with Gasteiger partial charge < -0.3 is 10.2 Å². The first-order valence-corrected chi connectivity index (χ1v) is 9.48. The first kappa shape index (κ1) is 16.8. The van der Waals surface area contributed by atoms with Gasteiger partial charge in [-0.15, -0.1) is 0 Å². The van der Waals surface area contributed by atoms with Crippen LogP contribution in [0.4, 0.5) is 4.79 Å². The van der Waals surface area contributed by atoms with E-state index in [0.29, 0.717) is 13.1 Å². The van der Waals surface area contributed by atoms with Crippen LogP contribution in [0.2, 0.25) is 0 Å². The molecule has 1 aliphatic rings. The molecule has 2 N–H and O–H groups in total. The standard InChI is InChI=1S/C14H24N4O3S/c1-3-22(20,21)10-11(2)16-14(19)18-8-4-5-12(9-18)13-6-7-15-17-13/h6-7,11-12H,3-5,8-10H2,1-2H3,(H,15,17)(H,16,19)/t11-,12-/m1/s1. The number of nitrogens with one attached hydrogen (secondary N) is 2. The van der Waals surface area contributed by atoms with Crippen LogP contribution in [0.1, 0.15) is 38.3 Å². The van der Waals surface area contributed by atoms with Crippen molar-refractivity contribution in [2.24, 2.45) is 0 Å². The number of urea groups is 1. The van der Waals surface area contributed by atoms with E-state index in [1.54, 1.807) is 24.9 Å². The smallest absolute Gasteiger partial charge is 0.317 e. The maximum Gasteiger partial charge on any atom is 0.317 e. The van der Waals surface area contributed by atoms with Crippen LogP contribution in [-0.2, 0) is 9.84 Å². The fourth-order valence-electron chi connectivity index (χ4n) is 2.75. The van der Waals surface area contributed by atoms with Crippen molar-refractivity contribution >= 4 is 15.9 Å². The number of nitrogens with zero attached hydrogens (tertiary/aromatic N) is 2. The van der Waals surface area contributed by atoms with Crippen molar-refractivity contribution in [3.05, 3.63) is 18.0 Å². The summed E-state index contributed by atoms with van der Waals surface area (Å²) < 4.78 is 23.2. The molecule has 2 amide bonds. The molecule has 0 bridgehead atoms. The number of likely N-dealkylation sites (tertiary alicyclic amines) is 1. The molecule has 2 atom stereocenters. The van der Waals surface area contributed by atoms with Crippen LogP contribution in [0.15, 0.2) is 12.3 Å². The van der Waals surface area contributed by atoms with Crippen LogP contribution in [0.5, 0.6) is 0 Å². The molecular weight excluding hydrogens is 304 g/mol. The minimum atomic E-state index is -3.09. The number of sulfone groups is 1. The predicted octanol–water partition coefficient (Wildman–Crippen LogP) is 1.12. The van der Waals surface area contributed by atoms with Gasteiger partial charge in [0.25, 0.3) is 0 Å². The minimum Gasteiger partial charge on any atom is -0.335 e. The molecule has 0 saturated carbocycles. The summed E-state index contributed by atoms with van der Waals surface area (Å²) in [5.41, 5.74) is 1.04. The molecule has 0 aliphatic carbocycles. The average molecular weight is 328 g/mol. The third-order valence-corrected chi connectivity index (χ3v) is 5.87. The highest BCUT2D eigenvalue weighted by Crippen LogP contribution is 2.25. The molecule has 0 radical (unpaired) electrons. The summed E-state index contributed by atoms with van der Waals surface area (Å²) in [6, 6.07) is 1.36. The second kappa shape index (κ2) is 7.13. The first-order chi connectivity index (χ1) is 10.4. The molecule has 0 aromatic carbocycles. The van der Waals surface area contributed by atoms with E-state index in [2.05, 4.69) is 15.5 Å². The SMILES string of the molecule is CCS(=O)(=O)C[C@@H](C)NC(=O)N1CCC[C@@H](c2ccn[nH]2)C1. The summed E-state index contributed by atoms with van der Waals surface area (Å²) in [4.78, 5) is 14.0. The fourth-order valence-corrected chi connectivity index (χ4v) is 3.83. The molecule has 1 saturated heterocycles. The molecule has 0 unspecified atom stereocenters. The van der Waals surface area contributed by atoms with Crippen LogP contribution >= 0.6 is 0 Å². The van der Waals surface area contributed by atoms with Crippen molar-refractivity contribution in [3.8, 4) is 0 Å². The number of rotatable bonds is 5. The lowest BCUT2D eigenvalue weighted by Crippen LogP contribution is -2.49. The molecule has 1 aromatic heterocycles. The lowest BCUT2D eigenvalue weighted by molar-refractivity contribution is 0.177. The molecule has 22 heavy (non-hydrogen) atoms. The van der Waals surface area contributed by atoms with Gasteiger partial charge in [-0.3, -0.25) is 5.10 Å². The normalized spacial score (nSPS) is 20.6. The third kappa shape index (κ3) is 4.46. The minimum absolute atomic E-state index is 0.0208. The van der Waals surface area contributed by atoms with Gasteiger partial charge in [-0.25, -0.2) is 13.2 Å². The number of carbonyl (C=O) groups excluding carboxylic acids is 1. The summed E-state index contributed by atoms with van der Waals surface area (Å²) >= 11 is 0. The van der Waals surface area contributed by atoms with Crippen LogP contribution in [0.3, 0.4) is 0 Å². The van der Waals surface area contributed by atoms with Gasteiger partial charge in [0, 0.05) is 42.7 Å². The second-order valence-electron chi connectivity index (χ2n) is 5.85. The van der Waals surface area contributed by atoms with Crippen molar-refractivity contribution in [1.82, 2.24) is 20.4 Å². The molecule has 124 valence electrons. The first-order valence-electron chi connectivity index (χ1n) is 7.66. The Labute approximate surface area is 131 Å². The Morgan fingerprint density at radius 3 is 3.00 bits per heavy atom. The van der Waals surface area contributed by atoms with E-state index >= 15 is 0 Å². The van der Waals surface area contributed by atoms with Gasteiger partial charge in [0.1, 0.15) is 0 Å². The number of carbonyl (C=O) groups is 1. The van der Waals surface area contributed by atoms with E-state index in [1.807, 2.05) is 6.07 Å². The van der Waals surface area contributed by atoms with Crippen molar-refractivity contribution in [1.29, 1.82) is 0 Å². The van der Waals surface area contributed by atoms with Gasteiger partial charge in [0.2, 0.25) is 0 Å². The number of hydrogen-bond donors (Lipinski definition) is 2. The van der Waals surface area contributed by atoms with E-state index in [0.717, 1.165) is 18.5 Å². The molecular formula is C14H24N4O3S. The highest BCUT2D eigenvalue weighted by Gasteiger charge is 2.26. The molecule has 1 aliphatic heterocycles. The quantitative estimate of drug-likeness (QED) is 0.847. The van der Waals surface area contributed by atoms with E-state index in [9.17, 15) is 13.2 Å². The van der Waals surface area contributed by atoms with E-state index in [-0.39, 0.29) is 29.5 Å². The van der Waals surface area contributed by atoms with Gasteiger partial charge in [-0.1, -0.05) is 6.92 Å². The summed E-state index contributed by atoms with van der Waals surface area (Å²) in [6.07, 6.45) is 3.66. The highest BCUT2D eigenvalue weighted by molar-refractivity contribution is 7.91. The topological polar surface area (TPSA) is 95.2 Å². The Kier molecular flexibility index (Phi) is 5.44. The van der Waals surface area contributed by atoms with Crippen molar-refractivity contribution in [2.75, 3.05) is 24.6 Å². The van der Waals surface area contributed by atoms with Crippen LogP contribution < -0.4 is 5.32 Å². The Balaban J connectivity index is 1.89. The largest absolute Gasteiger partial charge is 0.335 e. The zero-order valence-corrected chi connectivity index (χ0v) is 13.9. The number of amides is 2. The average Bonchev–Trinajstić information content (AvgIpc) is 3.01. The van der Waals surface area contributed by atoms with E-state index < -0.39 is 9.84 Å². The second-order valence-corrected chi connectivity index (χ2v) is 8.24. The number of aromatic nitrogens is 2. The van der Waals surface area contributed by atoms with Gasteiger partial charge in [-0.2, -0.15) is 5.10 Å². The summed E-state index contributed by atoms with van der Waals surface area (Å²) in [5, 5.41) is 9.70. The van der Waals surface area contributed by atoms with Gasteiger partial charge in [0.05, 0.1) is 5.75 Å². The molecule has 2 heterocycles. The van der Waals surface area contributed by atoms with Gasteiger partial charge >= 0.3 is 6.03 Å². The zero-order valence-electron chi connectivity index (χ0n) is 13.1. The summed E-state index contributed by atoms with van der Waals surface area (Å²) in [6.45, 7) is 4.66. The lowest BCUT2D eigenvalue weighted by Gasteiger charge is -2.33. The van der Waals surface area contributed by atoms with Crippen LogP contribution in [0, 0.1) is 0 Å². The Hall–Kier alpha value is -1.57. The monoisotopic (exact) mass is 328 g/mol. The Bertz CT molecular complexity index is 585. The number of aromatic amines is 1. The van der Waals surface area contributed by atoms with E-state index in [1.165, 1.54) is 0 Å². The predicted molar refractivity (Wildman–Crippen MR) is 84.5 cm³/mol. The van der Waals surface area contributed by atoms with E-state index in [4.69, 9.17) is 0 Å². The molecule has 0 spiro atoms. The number of H-pyrrole nitrogens is 1. The summed E-state index contributed by atoms with van der Waals surface area (Å²) in [7, 11) is -3.09.